The van der Waals surface area contributed by atoms with E-state index in [0.29, 0.717) is 8.96 Å². The number of aliphatic hydroxyl groups is 1. The molecule has 9 heteroatoms. The molecule has 0 heterocycles. The van der Waals surface area contributed by atoms with Crippen molar-refractivity contribution in [3.8, 4) is 0 Å². The van der Waals surface area contributed by atoms with Crippen LogP contribution in [0.3, 0.4) is 0 Å². The van der Waals surface area contributed by atoms with Crippen LogP contribution in [-0.2, 0) is 9.53 Å². The summed E-state index contributed by atoms with van der Waals surface area (Å²) in [6.45, 7) is 0. The van der Waals surface area contributed by atoms with E-state index >= 15 is 0 Å². The minimum atomic E-state index is -1.53. The summed E-state index contributed by atoms with van der Waals surface area (Å²) in [5, 5.41) is 12.0. The van der Waals surface area contributed by atoms with Gasteiger partial charge in [-0.1, -0.05) is 31.9 Å². The zero-order chi connectivity index (χ0) is 14.0. The molecule has 0 bridgehead atoms. The monoisotopic (exact) mass is 382 g/mol. The normalized spacial score (nSPS) is 31.3. The molecule has 0 fully saturated rings. The van der Waals surface area contributed by atoms with Gasteiger partial charge in [-0.2, -0.15) is 10.8 Å². The maximum Gasteiger partial charge on any atom is 0.220 e. The van der Waals surface area contributed by atoms with E-state index in [9.17, 15) is 9.90 Å². The lowest BCUT2D eigenvalue weighted by Gasteiger charge is -2.39. The number of nitrogens with two attached hydrogens (primary N) is 1. The highest BCUT2D eigenvalue weighted by atomic mass is 79.9. The van der Waals surface area contributed by atoms with Gasteiger partial charge in [-0.15, -0.1) is 0 Å². The van der Waals surface area contributed by atoms with E-state index in [0.717, 1.165) is 0 Å². The zero-order valence-electron chi connectivity index (χ0n) is 9.41. The Morgan fingerprint density at radius 3 is 2.44 bits per heavy atom. The molecule has 5 N–H and O–H groups in total. The molecule has 0 spiro atoms. The number of amides is 1. The van der Waals surface area contributed by atoms with Crippen molar-refractivity contribution < 1.29 is 19.9 Å². The van der Waals surface area contributed by atoms with Crippen molar-refractivity contribution in [2.75, 3.05) is 7.11 Å². The molecule has 0 atom stereocenters. The van der Waals surface area contributed by atoms with Crippen molar-refractivity contribution >= 4 is 37.8 Å². The highest BCUT2D eigenvalue weighted by molar-refractivity contribution is 9.12. The summed E-state index contributed by atoms with van der Waals surface area (Å²) in [5.41, 5.74) is 13.5. The van der Waals surface area contributed by atoms with Gasteiger partial charge in [0.15, 0.2) is 5.72 Å². The average Bonchev–Trinajstić information content (AvgIpc) is 2.21. The van der Waals surface area contributed by atoms with Gasteiger partial charge in [-0.3, -0.25) is 10.2 Å². The Labute approximate surface area is 120 Å². The van der Waals surface area contributed by atoms with Crippen LogP contribution in [0.1, 0.15) is 6.42 Å². The summed E-state index contributed by atoms with van der Waals surface area (Å²) in [7, 11) is 1.40. The van der Waals surface area contributed by atoms with Gasteiger partial charge >= 0.3 is 0 Å². The molecule has 0 saturated carbocycles. The second-order valence-electron chi connectivity index (χ2n) is 3.74. The molecular weight excluding hydrogens is 372 g/mol. The number of halogens is 2. The smallest absolute Gasteiger partial charge is 0.220 e. The van der Waals surface area contributed by atoms with Gasteiger partial charge in [0.05, 0.1) is 6.42 Å². The molecule has 0 radical (unpaired) electrons. The fourth-order valence-electron chi connectivity index (χ4n) is 1.62. The molecule has 0 unspecified atom stereocenters. The summed E-state index contributed by atoms with van der Waals surface area (Å²) in [5.74, 6) is -0.649. The first kappa shape index (κ1) is 15.3. The molecule has 1 rings (SSSR count). The molecule has 100 valence electrons. The summed E-state index contributed by atoms with van der Waals surface area (Å²) in [4.78, 5) is 10.9. The molecule has 0 saturated heterocycles. The number of methoxy groups -OCH3 is 1. The Hall–Kier alpha value is -0.770. The molecule has 0 aromatic rings. The Balaban J connectivity index is 3.20. The summed E-state index contributed by atoms with van der Waals surface area (Å²) in [6.07, 6.45) is 2.44. The second kappa shape index (κ2) is 5.47. The molecule has 1 amide bonds. The third-order valence-electron chi connectivity index (χ3n) is 2.42. The second-order valence-corrected chi connectivity index (χ2v) is 5.45. The van der Waals surface area contributed by atoms with Gasteiger partial charge < -0.3 is 15.6 Å². The number of hydrazine groups is 1. The number of hydrogen-bond acceptors (Lipinski definition) is 3. The van der Waals surface area contributed by atoms with Crippen LogP contribution in [0, 0.1) is 0 Å². The zero-order valence-corrected chi connectivity index (χ0v) is 12.6. The molecule has 0 aromatic carbocycles. The fraction of sp³-hybridized carbons (Fsp3) is 0.444. The van der Waals surface area contributed by atoms with E-state index < -0.39 is 17.2 Å². The lowest BCUT2D eigenvalue weighted by molar-refractivity contribution is -0.571. The van der Waals surface area contributed by atoms with Crippen molar-refractivity contribution in [1.29, 1.82) is 0 Å². The van der Waals surface area contributed by atoms with E-state index in [2.05, 4.69) is 37.3 Å². The van der Waals surface area contributed by atoms with E-state index in [1.54, 1.807) is 5.22 Å². The highest BCUT2D eigenvalue weighted by Gasteiger charge is 2.42. The maximum absolute atomic E-state index is 10.9. The van der Waals surface area contributed by atoms with Crippen molar-refractivity contribution in [1.82, 2.24) is 5.43 Å². The Bertz CT molecular complexity index is 416. The van der Waals surface area contributed by atoms with E-state index in [1.807, 2.05) is 0 Å². The quantitative estimate of drug-likeness (QED) is 0.279. The average molecular weight is 384 g/mol. The predicted molar refractivity (Wildman–Crippen MR) is 70.0 cm³/mol. The van der Waals surface area contributed by atoms with Gasteiger partial charge in [-0.05, 0) is 12.2 Å². The number of primary amides is 1. The summed E-state index contributed by atoms with van der Waals surface area (Å²) >= 11 is 6.44. The number of nitrogens with zero attached hydrogens (tertiary/aromatic N) is 1. The number of rotatable bonds is 5. The SMILES string of the molecule is COC1(N[NH+]=[N-])C(Br)=CC(O)(CC(N)=O)C=C1Br. The maximum atomic E-state index is 10.9. The first-order valence-electron chi connectivity index (χ1n) is 4.79. The molecule has 0 aliphatic heterocycles. The van der Waals surface area contributed by atoms with E-state index in [-0.39, 0.29) is 6.42 Å². The number of hydrogen-bond donors (Lipinski definition) is 4. The number of carbonyl (C=O) groups is 1. The molecular formula is C9H12Br2N4O3. The van der Waals surface area contributed by atoms with E-state index in [1.165, 1.54) is 19.3 Å². The van der Waals surface area contributed by atoms with Crippen molar-refractivity contribution in [3.63, 3.8) is 0 Å². The highest BCUT2D eigenvalue weighted by Crippen LogP contribution is 2.41. The standard InChI is InChI=1S/C9H12Br2N4O3/c1-18-9(14-15-13)5(10)2-8(17,3-6(9)11)4-7(12)16/h2-3,15,17H,4H2,1H3,(H3-,12,13,14,16). The molecule has 1 aliphatic carbocycles. The third-order valence-corrected chi connectivity index (χ3v) is 4.00. The number of carbonyl (C=O) groups excluding carboxylic acids is 1. The number of ether oxygens (including phenoxy) is 1. The van der Waals surface area contributed by atoms with Crippen LogP contribution in [0.4, 0.5) is 0 Å². The largest absolute Gasteiger partial charge is 0.381 e. The minimum absolute atomic E-state index is 0.274. The Morgan fingerprint density at radius 2 is 2.11 bits per heavy atom. The van der Waals surface area contributed by atoms with Crippen LogP contribution in [0.25, 0.3) is 5.53 Å². The van der Waals surface area contributed by atoms with Gasteiger partial charge in [0.2, 0.25) is 5.91 Å². The van der Waals surface area contributed by atoms with Gasteiger partial charge in [-0.25, -0.2) is 0 Å². The van der Waals surface area contributed by atoms with Crippen LogP contribution >= 0.6 is 31.9 Å². The van der Waals surface area contributed by atoms with Crippen LogP contribution in [0.2, 0.25) is 0 Å². The van der Waals surface area contributed by atoms with Gasteiger partial charge in [0.25, 0.3) is 0 Å². The Kier molecular flexibility index (Phi) is 4.65. The van der Waals surface area contributed by atoms with Gasteiger partial charge in [0, 0.05) is 16.1 Å². The van der Waals surface area contributed by atoms with Crippen LogP contribution < -0.4 is 16.4 Å². The molecule has 18 heavy (non-hydrogen) atoms. The molecule has 7 nitrogen and oxygen atoms in total. The minimum Gasteiger partial charge on any atom is -0.381 e. The third kappa shape index (κ3) is 2.79. The van der Waals surface area contributed by atoms with Crippen LogP contribution in [0.15, 0.2) is 21.1 Å². The first-order valence-corrected chi connectivity index (χ1v) is 6.38. The fourth-order valence-corrected chi connectivity index (χ4v) is 3.63. The number of nitrogens with one attached hydrogen (secondary N) is 2. The summed E-state index contributed by atoms with van der Waals surface area (Å²) < 4.78 is 5.97. The van der Waals surface area contributed by atoms with Crippen LogP contribution in [0.5, 0.6) is 0 Å². The topological polar surface area (TPSA) is 121 Å². The summed E-state index contributed by atoms with van der Waals surface area (Å²) in [6, 6.07) is 0. The van der Waals surface area contributed by atoms with Crippen molar-refractivity contribution in [3.05, 3.63) is 26.6 Å². The van der Waals surface area contributed by atoms with Crippen molar-refractivity contribution in [2.45, 2.75) is 17.7 Å². The Morgan fingerprint density at radius 1 is 1.61 bits per heavy atom. The lowest BCUT2D eigenvalue weighted by Crippen LogP contribution is -2.83. The van der Waals surface area contributed by atoms with E-state index in [4.69, 9.17) is 16.0 Å². The first-order chi connectivity index (χ1) is 8.29. The lowest BCUT2D eigenvalue weighted by atomic mass is 9.91. The van der Waals surface area contributed by atoms with Gasteiger partial charge in [0.1, 0.15) is 5.60 Å². The van der Waals surface area contributed by atoms with Crippen molar-refractivity contribution in [2.24, 2.45) is 5.73 Å². The molecule has 0 aromatic heterocycles. The van der Waals surface area contributed by atoms with Crippen LogP contribution in [-0.4, -0.2) is 29.4 Å². The molecule has 1 aliphatic rings. The predicted octanol–water partition coefficient (Wildman–Crippen LogP) is -0.886.